The highest BCUT2D eigenvalue weighted by Crippen LogP contribution is 2.39. The van der Waals surface area contributed by atoms with E-state index in [0.717, 1.165) is 23.4 Å². The van der Waals surface area contributed by atoms with Gasteiger partial charge in [-0.25, -0.2) is 0 Å². The van der Waals surface area contributed by atoms with E-state index in [2.05, 4.69) is 222 Å². The lowest BCUT2D eigenvalue weighted by atomic mass is 9.89. The zero-order valence-corrected chi connectivity index (χ0v) is 36.8. The molecule has 0 aliphatic rings. The van der Waals surface area contributed by atoms with Crippen molar-refractivity contribution in [1.82, 2.24) is 4.57 Å². The van der Waals surface area contributed by atoms with Gasteiger partial charge in [-0.1, -0.05) is 171 Å². The van der Waals surface area contributed by atoms with Crippen LogP contribution in [0.15, 0.2) is 194 Å². The van der Waals surface area contributed by atoms with Gasteiger partial charge in [-0.05, 0) is 138 Å². The number of aryl methyl sites for hydroxylation is 1. The van der Waals surface area contributed by atoms with Crippen LogP contribution in [-0.4, -0.2) is 4.57 Å². The standard InChI is InChI=1S/C47H40N2O.C12H16/c1-3-32(2)36-26-29-47(44(48)30-36)50-31-33-20-22-34(23-21-33)38-12-4-6-14-40(38)41-15-7-5-13-39(41)35-24-27-37(28-25-35)49-45-18-10-8-16-42(45)43-17-9-11-19-46(43)49;1-9(2)11(4)12-8-6-5-7-10(12)3/h4-30,32H,3,31,48H2,1-2H3;5-8H,1-4H3. The van der Waals surface area contributed by atoms with Gasteiger partial charge in [0.05, 0.1) is 16.7 Å². The van der Waals surface area contributed by atoms with Gasteiger partial charge in [0, 0.05) is 16.5 Å². The summed E-state index contributed by atoms with van der Waals surface area (Å²) in [6.07, 6.45) is 1.08. The van der Waals surface area contributed by atoms with Crippen molar-refractivity contribution in [3.63, 3.8) is 0 Å². The maximum absolute atomic E-state index is 6.35. The van der Waals surface area contributed by atoms with Crippen LogP contribution in [0.3, 0.4) is 0 Å². The second-order valence-electron chi connectivity index (χ2n) is 16.5. The Morgan fingerprint density at radius 1 is 0.565 bits per heavy atom. The third kappa shape index (κ3) is 8.71. The summed E-state index contributed by atoms with van der Waals surface area (Å²) in [7, 11) is 0. The van der Waals surface area contributed by atoms with Crippen LogP contribution in [0.2, 0.25) is 0 Å². The zero-order valence-electron chi connectivity index (χ0n) is 36.8. The van der Waals surface area contributed by atoms with Gasteiger partial charge in [0.25, 0.3) is 0 Å². The quantitative estimate of drug-likeness (QED) is 0.140. The van der Waals surface area contributed by atoms with Crippen molar-refractivity contribution in [2.45, 2.75) is 60.5 Å². The van der Waals surface area contributed by atoms with Gasteiger partial charge < -0.3 is 15.0 Å². The van der Waals surface area contributed by atoms with Gasteiger partial charge in [0.2, 0.25) is 0 Å². The summed E-state index contributed by atoms with van der Waals surface area (Å²) in [6.45, 7) is 13.5. The lowest BCUT2D eigenvalue weighted by molar-refractivity contribution is 0.308. The van der Waals surface area contributed by atoms with Gasteiger partial charge in [0.1, 0.15) is 12.4 Å². The molecule has 0 aliphatic carbocycles. The molecule has 0 saturated carbocycles. The molecule has 1 atom stereocenters. The average Bonchev–Trinajstić information content (AvgIpc) is 3.65. The van der Waals surface area contributed by atoms with Crippen LogP contribution in [-0.2, 0) is 6.61 Å². The van der Waals surface area contributed by atoms with Crippen LogP contribution in [0.4, 0.5) is 5.69 Å². The third-order valence-electron chi connectivity index (χ3n) is 12.3. The number of fused-ring (bicyclic) bond motifs is 3. The molecule has 0 spiro atoms. The molecule has 1 heterocycles. The van der Waals surface area contributed by atoms with E-state index < -0.39 is 0 Å². The second-order valence-corrected chi connectivity index (χ2v) is 16.5. The summed E-state index contributed by atoms with van der Waals surface area (Å²) >= 11 is 0. The van der Waals surface area contributed by atoms with Gasteiger partial charge in [0.15, 0.2) is 0 Å². The smallest absolute Gasteiger partial charge is 0.142 e. The third-order valence-corrected chi connectivity index (χ3v) is 12.3. The van der Waals surface area contributed by atoms with Crippen LogP contribution in [0.5, 0.6) is 5.75 Å². The molecular formula is C59H56N2O. The summed E-state index contributed by atoms with van der Waals surface area (Å²) in [6, 6.07) is 67.0. The lowest BCUT2D eigenvalue weighted by Gasteiger charge is -2.16. The highest BCUT2D eigenvalue weighted by atomic mass is 16.5. The molecule has 0 fully saturated rings. The molecule has 308 valence electrons. The van der Waals surface area contributed by atoms with Crippen LogP contribution >= 0.6 is 0 Å². The number of nitrogens with zero attached hydrogens (tertiary/aromatic N) is 1. The normalized spacial score (nSPS) is 11.5. The first-order chi connectivity index (χ1) is 30.2. The van der Waals surface area contributed by atoms with E-state index in [1.165, 1.54) is 83.0 Å². The number of hydrogen-bond acceptors (Lipinski definition) is 2. The van der Waals surface area contributed by atoms with Crippen molar-refractivity contribution in [2.75, 3.05) is 5.73 Å². The second kappa shape index (κ2) is 18.7. The summed E-state index contributed by atoms with van der Waals surface area (Å²) in [4.78, 5) is 0. The summed E-state index contributed by atoms with van der Waals surface area (Å²) in [5, 5.41) is 2.54. The van der Waals surface area contributed by atoms with Crippen LogP contribution in [0.1, 0.15) is 69.2 Å². The Balaban J connectivity index is 0.000000383. The van der Waals surface area contributed by atoms with Gasteiger partial charge >= 0.3 is 0 Å². The Hall–Kier alpha value is -7.10. The van der Waals surface area contributed by atoms with Crippen molar-refractivity contribution >= 4 is 33.1 Å². The van der Waals surface area contributed by atoms with Crippen LogP contribution in [0, 0.1) is 6.92 Å². The van der Waals surface area contributed by atoms with E-state index in [9.17, 15) is 0 Å². The predicted octanol–water partition coefficient (Wildman–Crippen LogP) is 16.3. The molecule has 0 amide bonds. The van der Waals surface area contributed by atoms with Gasteiger partial charge in [-0.2, -0.15) is 0 Å². The minimum absolute atomic E-state index is 0.461. The van der Waals surface area contributed by atoms with Gasteiger partial charge in [-0.15, -0.1) is 0 Å². The fourth-order valence-electron chi connectivity index (χ4n) is 8.38. The van der Waals surface area contributed by atoms with Gasteiger partial charge in [-0.3, -0.25) is 0 Å². The molecule has 62 heavy (non-hydrogen) atoms. The van der Waals surface area contributed by atoms with E-state index >= 15 is 0 Å². The van der Waals surface area contributed by atoms with Crippen molar-refractivity contribution in [3.05, 3.63) is 216 Å². The molecule has 0 bridgehead atoms. The molecule has 9 rings (SSSR count). The number of anilines is 1. The van der Waals surface area contributed by atoms with E-state index in [-0.39, 0.29) is 0 Å². The van der Waals surface area contributed by atoms with Crippen LogP contribution in [0.25, 0.3) is 66.4 Å². The number of rotatable bonds is 10. The fourth-order valence-corrected chi connectivity index (χ4v) is 8.38. The maximum atomic E-state index is 6.35. The summed E-state index contributed by atoms with van der Waals surface area (Å²) < 4.78 is 8.51. The fraction of sp³-hybridized carbons (Fsp3) is 0.153. The predicted molar refractivity (Wildman–Crippen MR) is 266 cm³/mol. The summed E-state index contributed by atoms with van der Waals surface area (Å²) in [5.74, 6) is 1.21. The Morgan fingerprint density at radius 2 is 1.06 bits per heavy atom. The van der Waals surface area contributed by atoms with Crippen molar-refractivity contribution in [1.29, 1.82) is 0 Å². The molecular weight excluding hydrogens is 753 g/mol. The average molecular weight is 809 g/mol. The molecule has 9 aromatic rings. The first-order valence-corrected chi connectivity index (χ1v) is 21.8. The Kier molecular flexibility index (Phi) is 12.5. The minimum Gasteiger partial charge on any atom is -0.487 e. The number of ether oxygens (including phenoxy) is 1. The molecule has 0 radical (unpaired) electrons. The lowest BCUT2D eigenvalue weighted by Crippen LogP contribution is -2.00. The monoisotopic (exact) mass is 808 g/mol. The molecule has 1 aromatic heterocycles. The molecule has 3 nitrogen and oxygen atoms in total. The van der Waals surface area contributed by atoms with Crippen molar-refractivity contribution in [2.24, 2.45) is 0 Å². The number of nitrogens with two attached hydrogens (primary N) is 1. The van der Waals surface area contributed by atoms with Crippen LogP contribution < -0.4 is 10.5 Å². The molecule has 0 saturated heterocycles. The highest BCUT2D eigenvalue weighted by molar-refractivity contribution is 6.09. The topological polar surface area (TPSA) is 40.2 Å². The molecule has 0 aliphatic heterocycles. The number of nitrogen functional groups attached to an aromatic ring is 1. The Morgan fingerprint density at radius 3 is 1.60 bits per heavy atom. The number of aromatic nitrogens is 1. The number of hydrogen-bond donors (Lipinski definition) is 1. The van der Waals surface area contributed by atoms with E-state index in [0.29, 0.717) is 18.2 Å². The van der Waals surface area contributed by atoms with E-state index in [1.54, 1.807) is 0 Å². The maximum Gasteiger partial charge on any atom is 0.142 e. The first kappa shape index (κ1) is 41.6. The Labute approximate surface area is 367 Å². The van der Waals surface area contributed by atoms with Crippen molar-refractivity contribution < 1.29 is 4.74 Å². The largest absolute Gasteiger partial charge is 0.487 e. The molecule has 1 unspecified atom stereocenters. The molecule has 8 aromatic carbocycles. The SMILES string of the molecule is CC(C)=C(C)c1ccccc1C.CCC(C)c1ccc(OCc2ccc(-c3ccccc3-c3ccccc3-c3ccc(-n4c5ccccc5c5ccccc54)cc3)cc2)c(N)c1. The van der Waals surface area contributed by atoms with Crippen molar-refractivity contribution in [3.8, 4) is 44.8 Å². The Bertz CT molecular complexity index is 2950. The highest BCUT2D eigenvalue weighted by Gasteiger charge is 2.15. The molecule has 2 N–H and O–H groups in total. The number of allylic oxidation sites excluding steroid dienone is 2. The summed E-state index contributed by atoms with van der Waals surface area (Å²) in [5.41, 5.74) is 25.6. The van der Waals surface area contributed by atoms with E-state index in [1.807, 2.05) is 12.1 Å². The number of para-hydroxylation sites is 2. The molecule has 3 heteroatoms. The number of benzene rings is 8. The first-order valence-electron chi connectivity index (χ1n) is 21.8. The zero-order chi connectivity index (χ0) is 43.2. The van der Waals surface area contributed by atoms with E-state index in [4.69, 9.17) is 10.5 Å². The minimum atomic E-state index is 0.461.